The number of anilines is 2. The van der Waals surface area contributed by atoms with Crippen LogP contribution >= 0.6 is 0 Å². The van der Waals surface area contributed by atoms with Crippen LogP contribution < -0.4 is 15.4 Å². The zero-order valence-electron chi connectivity index (χ0n) is 14.0. The van der Waals surface area contributed by atoms with Gasteiger partial charge >= 0.3 is 0 Å². The summed E-state index contributed by atoms with van der Waals surface area (Å²) in [5.74, 6) is 0.683. The van der Waals surface area contributed by atoms with E-state index in [-0.39, 0.29) is 5.91 Å². The van der Waals surface area contributed by atoms with Crippen LogP contribution in [0.3, 0.4) is 0 Å². The number of carbonyl (C=O) groups is 1. The summed E-state index contributed by atoms with van der Waals surface area (Å²) in [5.41, 5.74) is 3.35. The molecule has 0 unspecified atom stereocenters. The smallest absolute Gasteiger partial charge is 0.253 e. The van der Waals surface area contributed by atoms with Gasteiger partial charge in [0, 0.05) is 12.2 Å². The molecule has 4 heteroatoms. The van der Waals surface area contributed by atoms with Gasteiger partial charge in [0.05, 0.1) is 18.4 Å². The lowest BCUT2D eigenvalue weighted by molar-refractivity contribution is 0.0952. The van der Waals surface area contributed by atoms with E-state index in [9.17, 15) is 4.79 Å². The van der Waals surface area contributed by atoms with Gasteiger partial charge < -0.3 is 15.4 Å². The molecule has 126 valence electrons. The third-order valence-electron chi connectivity index (χ3n) is 3.84. The molecule has 3 aromatic carbocycles. The third-order valence-corrected chi connectivity index (χ3v) is 3.84. The minimum atomic E-state index is -0.116. The lowest BCUT2D eigenvalue weighted by Crippen LogP contribution is -2.23. The maximum absolute atomic E-state index is 12.6. The Morgan fingerprint density at radius 3 is 2.28 bits per heavy atom. The first-order valence-corrected chi connectivity index (χ1v) is 8.08. The van der Waals surface area contributed by atoms with E-state index in [0.29, 0.717) is 12.1 Å². The number of ether oxygens (including phenoxy) is 1. The second-order valence-electron chi connectivity index (χ2n) is 5.57. The molecular formula is C21H20N2O2. The van der Waals surface area contributed by atoms with Crippen LogP contribution in [0.15, 0.2) is 78.9 Å². The average molecular weight is 332 g/mol. The standard InChI is InChI=1S/C21H20N2O2/c1-25-18-13-11-16(12-14-18)15-22-21(24)19-9-5-6-10-20(19)23-17-7-3-2-4-8-17/h2-14,23H,15H2,1H3,(H,22,24). The molecule has 0 saturated heterocycles. The maximum Gasteiger partial charge on any atom is 0.253 e. The number of carbonyl (C=O) groups excluding carboxylic acids is 1. The number of benzene rings is 3. The number of methoxy groups -OCH3 is 1. The highest BCUT2D eigenvalue weighted by Gasteiger charge is 2.10. The van der Waals surface area contributed by atoms with Gasteiger partial charge in [-0.1, -0.05) is 42.5 Å². The molecule has 0 aliphatic rings. The molecule has 0 aliphatic heterocycles. The number of amides is 1. The van der Waals surface area contributed by atoms with Crippen LogP contribution in [0.1, 0.15) is 15.9 Å². The van der Waals surface area contributed by atoms with E-state index < -0.39 is 0 Å². The van der Waals surface area contributed by atoms with E-state index >= 15 is 0 Å². The quantitative estimate of drug-likeness (QED) is 0.705. The fourth-order valence-electron chi connectivity index (χ4n) is 2.49. The van der Waals surface area contributed by atoms with Crippen molar-refractivity contribution in [3.05, 3.63) is 90.0 Å². The molecule has 0 bridgehead atoms. The highest BCUT2D eigenvalue weighted by molar-refractivity contribution is 6.00. The highest BCUT2D eigenvalue weighted by atomic mass is 16.5. The monoisotopic (exact) mass is 332 g/mol. The maximum atomic E-state index is 12.6. The lowest BCUT2D eigenvalue weighted by Gasteiger charge is -2.12. The van der Waals surface area contributed by atoms with Gasteiger partial charge in [-0.05, 0) is 42.0 Å². The third kappa shape index (κ3) is 4.38. The molecule has 0 atom stereocenters. The average Bonchev–Trinajstić information content (AvgIpc) is 2.68. The second kappa shape index (κ2) is 8.02. The zero-order valence-corrected chi connectivity index (χ0v) is 14.0. The van der Waals surface area contributed by atoms with E-state index in [2.05, 4.69) is 10.6 Å². The van der Waals surface area contributed by atoms with Crippen molar-refractivity contribution in [1.82, 2.24) is 5.32 Å². The molecule has 1 amide bonds. The lowest BCUT2D eigenvalue weighted by atomic mass is 10.1. The minimum Gasteiger partial charge on any atom is -0.497 e. The van der Waals surface area contributed by atoms with Crippen LogP contribution in [0.4, 0.5) is 11.4 Å². The van der Waals surface area contributed by atoms with Crippen LogP contribution in [0, 0.1) is 0 Å². The molecule has 2 N–H and O–H groups in total. The molecule has 0 aromatic heterocycles. The van der Waals surface area contributed by atoms with Gasteiger partial charge in [0.1, 0.15) is 5.75 Å². The van der Waals surface area contributed by atoms with E-state index in [0.717, 1.165) is 22.7 Å². The summed E-state index contributed by atoms with van der Waals surface area (Å²) in [6.45, 7) is 0.461. The van der Waals surface area contributed by atoms with Gasteiger partial charge in [-0.25, -0.2) is 0 Å². The molecule has 0 heterocycles. The van der Waals surface area contributed by atoms with Crippen molar-refractivity contribution >= 4 is 17.3 Å². The molecule has 0 fully saturated rings. The van der Waals surface area contributed by atoms with Gasteiger partial charge in [-0.15, -0.1) is 0 Å². The van der Waals surface area contributed by atoms with Crippen molar-refractivity contribution in [2.24, 2.45) is 0 Å². The molecule has 25 heavy (non-hydrogen) atoms. The summed E-state index contributed by atoms with van der Waals surface area (Å²) in [4.78, 5) is 12.6. The summed E-state index contributed by atoms with van der Waals surface area (Å²) < 4.78 is 5.14. The Morgan fingerprint density at radius 2 is 1.56 bits per heavy atom. The molecule has 0 saturated carbocycles. The molecule has 3 rings (SSSR count). The Morgan fingerprint density at radius 1 is 0.880 bits per heavy atom. The summed E-state index contributed by atoms with van der Waals surface area (Å²) in [6, 6.07) is 24.9. The zero-order chi connectivity index (χ0) is 17.5. The van der Waals surface area contributed by atoms with E-state index in [4.69, 9.17) is 4.74 Å². The Bertz CT molecular complexity index is 830. The van der Waals surface area contributed by atoms with Crippen molar-refractivity contribution in [1.29, 1.82) is 0 Å². The first kappa shape index (κ1) is 16.6. The van der Waals surface area contributed by atoms with E-state index in [1.54, 1.807) is 7.11 Å². The Kier molecular flexibility index (Phi) is 5.32. The van der Waals surface area contributed by atoms with Gasteiger partial charge in [-0.3, -0.25) is 4.79 Å². The van der Waals surface area contributed by atoms with Crippen LogP contribution in [0.25, 0.3) is 0 Å². The predicted octanol–water partition coefficient (Wildman–Crippen LogP) is 4.37. The summed E-state index contributed by atoms with van der Waals surface area (Å²) in [5, 5.41) is 6.25. The van der Waals surface area contributed by atoms with E-state index in [1.807, 2.05) is 78.9 Å². The van der Waals surface area contributed by atoms with Gasteiger partial charge in [-0.2, -0.15) is 0 Å². The van der Waals surface area contributed by atoms with Gasteiger partial charge in [0.15, 0.2) is 0 Å². The fourth-order valence-corrected chi connectivity index (χ4v) is 2.49. The molecule has 0 radical (unpaired) electrons. The SMILES string of the molecule is COc1ccc(CNC(=O)c2ccccc2Nc2ccccc2)cc1. The van der Waals surface area contributed by atoms with Crippen LogP contribution in [-0.2, 0) is 6.54 Å². The van der Waals surface area contributed by atoms with Crippen LogP contribution in [-0.4, -0.2) is 13.0 Å². The summed E-state index contributed by atoms with van der Waals surface area (Å²) in [6.07, 6.45) is 0. The van der Waals surface area contributed by atoms with Crippen molar-refractivity contribution in [3.63, 3.8) is 0 Å². The number of nitrogens with one attached hydrogen (secondary N) is 2. The molecule has 3 aromatic rings. The number of para-hydroxylation sites is 2. The largest absolute Gasteiger partial charge is 0.497 e. The highest BCUT2D eigenvalue weighted by Crippen LogP contribution is 2.20. The Hall–Kier alpha value is -3.27. The first-order valence-electron chi connectivity index (χ1n) is 8.08. The van der Waals surface area contributed by atoms with Crippen molar-refractivity contribution < 1.29 is 9.53 Å². The predicted molar refractivity (Wildman–Crippen MR) is 100 cm³/mol. The molecule has 0 spiro atoms. The normalized spacial score (nSPS) is 10.1. The second-order valence-corrected chi connectivity index (χ2v) is 5.57. The van der Waals surface area contributed by atoms with E-state index in [1.165, 1.54) is 0 Å². The van der Waals surface area contributed by atoms with Crippen molar-refractivity contribution in [3.8, 4) is 5.75 Å². The van der Waals surface area contributed by atoms with Gasteiger partial charge in [0.25, 0.3) is 5.91 Å². The van der Waals surface area contributed by atoms with Gasteiger partial charge in [0.2, 0.25) is 0 Å². The summed E-state index contributed by atoms with van der Waals surface area (Å²) >= 11 is 0. The topological polar surface area (TPSA) is 50.4 Å². The number of hydrogen-bond donors (Lipinski definition) is 2. The molecule has 0 aliphatic carbocycles. The Labute approximate surface area is 147 Å². The van der Waals surface area contributed by atoms with Crippen LogP contribution in [0.5, 0.6) is 5.75 Å². The first-order chi connectivity index (χ1) is 12.3. The molecular weight excluding hydrogens is 312 g/mol. The molecule has 4 nitrogen and oxygen atoms in total. The Balaban J connectivity index is 1.69. The van der Waals surface area contributed by atoms with Crippen molar-refractivity contribution in [2.75, 3.05) is 12.4 Å². The van der Waals surface area contributed by atoms with Crippen molar-refractivity contribution in [2.45, 2.75) is 6.54 Å². The summed E-state index contributed by atoms with van der Waals surface area (Å²) in [7, 11) is 1.63. The number of hydrogen-bond acceptors (Lipinski definition) is 3. The fraction of sp³-hybridized carbons (Fsp3) is 0.0952. The van der Waals surface area contributed by atoms with Crippen LogP contribution in [0.2, 0.25) is 0 Å². The number of rotatable bonds is 6. The minimum absolute atomic E-state index is 0.116.